The van der Waals surface area contributed by atoms with E-state index < -0.39 is 0 Å². The minimum absolute atomic E-state index is 0.481. The topological polar surface area (TPSA) is 55.9 Å². The number of hydrogen-bond donors (Lipinski definition) is 1. The molecule has 2 aromatic heterocycles. The molecule has 1 fully saturated rings. The Labute approximate surface area is 119 Å². The summed E-state index contributed by atoms with van der Waals surface area (Å²) in [5.74, 6) is 2.29. The lowest BCUT2D eigenvalue weighted by atomic mass is 10.1. The van der Waals surface area contributed by atoms with Gasteiger partial charge in [0.1, 0.15) is 6.54 Å². The highest BCUT2D eigenvalue weighted by Crippen LogP contribution is 2.40. The molecule has 1 atom stereocenters. The highest BCUT2D eigenvalue weighted by atomic mass is 16.5. The second kappa shape index (κ2) is 5.79. The molecular formula is C15H22N4O. The van der Waals surface area contributed by atoms with E-state index >= 15 is 0 Å². The van der Waals surface area contributed by atoms with Gasteiger partial charge in [-0.1, -0.05) is 12.1 Å². The minimum atomic E-state index is 0.481. The van der Waals surface area contributed by atoms with Crippen molar-refractivity contribution in [2.24, 2.45) is 5.92 Å². The average Bonchev–Trinajstić information content (AvgIpc) is 3.00. The first-order valence-corrected chi connectivity index (χ1v) is 7.44. The van der Waals surface area contributed by atoms with Crippen LogP contribution < -0.4 is 5.32 Å². The number of hydrogen-bond acceptors (Lipinski definition) is 4. The molecule has 2 aromatic rings. The molecule has 20 heavy (non-hydrogen) atoms. The predicted molar refractivity (Wildman–Crippen MR) is 76.4 cm³/mol. The standard InChI is InChI=1S/C15H22N4O/c1-3-4-13-17-14(20-18-13)10-19-8-7-12(9-19)15(16-2)11-5-6-11/h7-9,11,15-16H,3-6,10H2,1-2H3. The van der Waals surface area contributed by atoms with Crippen molar-refractivity contribution in [3.8, 4) is 0 Å². The van der Waals surface area contributed by atoms with E-state index in [9.17, 15) is 0 Å². The summed E-state index contributed by atoms with van der Waals surface area (Å²) >= 11 is 0. The van der Waals surface area contributed by atoms with Gasteiger partial charge in [0.15, 0.2) is 5.82 Å². The normalized spacial score (nSPS) is 16.5. The van der Waals surface area contributed by atoms with E-state index in [1.165, 1.54) is 18.4 Å². The van der Waals surface area contributed by atoms with Gasteiger partial charge >= 0.3 is 0 Å². The monoisotopic (exact) mass is 274 g/mol. The molecular weight excluding hydrogens is 252 g/mol. The van der Waals surface area contributed by atoms with Crippen LogP contribution in [-0.2, 0) is 13.0 Å². The number of aromatic nitrogens is 3. The zero-order chi connectivity index (χ0) is 13.9. The zero-order valence-corrected chi connectivity index (χ0v) is 12.2. The number of aryl methyl sites for hydroxylation is 1. The van der Waals surface area contributed by atoms with Gasteiger partial charge in [-0.05, 0) is 43.9 Å². The van der Waals surface area contributed by atoms with Crippen LogP contribution in [0.2, 0.25) is 0 Å². The lowest BCUT2D eigenvalue weighted by Gasteiger charge is -2.13. The first-order valence-electron chi connectivity index (χ1n) is 7.44. The number of nitrogens with zero attached hydrogens (tertiary/aromatic N) is 3. The fourth-order valence-electron chi connectivity index (χ4n) is 2.68. The fourth-order valence-corrected chi connectivity index (χ4v) is 2.68. The second-order valence-electron chi connectivity index (χ2n) is 5.58. The summed E-state index contributed by atoms with van der Waals surface area (Å²) in [6, 6.07) is 2.66. The van der Waals surface area contributed by atoms with Crippen LogP contribution in [0.15, 0.2) is 23.0 Å². The Morgan fingerprint density at radius 1 is 1.50 bits per heavy atom. The van der Waals surface area contributed by atoms with Gasteiger partial charge in [0.2, 0.25) is 5.89 Å². The van der Waals surface area contributed by atoms with Crippen molar-refractivity contribution in [2.75, 3.05) is 7.05 Å². The number of rotatable bonds is 7. The Balaban J connectivity index is 1.66. The highest BCUT2D eigenvalue weighted by molar-refractivity contribution is 5.18. The van der Waals surface area contributed by atoms with E-state index in [1.54, 1.807) is 0 Å². The molecule has 2 heterocycles. The lowest BCUT2D eigenvalue weighted by Crippen LogP contribution is -2.17. The van der Waals surface area contributed by atoms with Gasteiger partial charge in [-0.25, -0.2) is 0 Å². The van der Waals surface area contributed by atoms with Crippen LogP contribution in [-0.4, -0.2) is 21.8 Å². The van der Waals surface area contributed by atoms with Crippen molar-refractivity contribution in [2.45, 2.75) is 45.2 Å². The van der Waals surface area contributed by atoms with Gasteiger partial charge in [-0.2, -0.15) is 4.98 Å². The van der Waals surface area contributed by atoms with Crippen LogP contribution in [0.4, 0.5) is 0 Å². The van der Waals surface area contributed by atoms with Gasteiger partial charge in [0.05, 0.1) is 0 Å². The summed E-state index contributed by atoms with van der Waals surface area (Å²) in [6.45, 7) is 2.77. The minimum Gasteiger partial charge on any atom is -0.345 e. The summed E-state index contributed by atoms with van der Waals surface area (Å²) in [6.07, 6.45) is 8.86. The summed E-state index contributed by atoms with van der Waals surface area (Å²) < 4.78 is 7.40. The average molecular weight is 274 g/mol. The Hall–Kier alpha value is -1.62. The van der Waals surface area contributed by atoms with Crippen molar-refractivity contribution in [1.29, 1.82) is 0 Å². The van der Waals surface area contributed by atoms with Crippen LogP contribution in [0.3, 0.4) is 0 Å². The molecule has 1 saturated carbocycles. The van der Waals surface area contributed by atoms with E-state index in [2.05, 4.69) is 45.4 Å². The molecule has 1 aliphatic carbocycles. The van der Waals surface area contributed by atoms with Crippen LogP contribution in [0.25, 0.3) is 0 Å². The SMILES string of the molecule is CCCc1noc(Cn2ccc(C(NC)C3CC3)c2)n1. The molecule has 1 unspecified atom stereocenters. The smallest absolute Gasteiger partial charge is 0.246 e. The molecule has 0 spiro atoms. The molecule has 1 aliphatic rings. The molecule has 1 N–H and O–H groups in total. The fraction of sp³-hybridized carbons (Fsp3) is 0.600. The molecule has 5 heteroatoms. The van der Waals surface area contributed by atoms with E-state index in [4.69, 9.17) is 4.52 Å². The van der Waals surface area contributed by atoms with Crippen molar-refractivity contribution in [3.63, 3.8) is 0 Å². The van der Waals surface area contributed by atoms with E-state index in [-0.39, 0.29) is 0 Å². The van der Waals surface area contributed by atoms with E-state index in [0.29, 0.717) is 18.5 Å². The maximum atomic E-state index is 5.28. The van der Waals surface area contributed by atoms with Crippen LogP contribution in [0, 0.1) is 5.92 Å². The van der Waals surface area contributed by atoms with Gasteiger partial charge in [0.25, 0.3) is 0 Å². The zero-order valence-electron chi connectivity index (χ0n) is 12.2. The van der Waals surface area contributed by atoms with Gasteiger partial charge in [-0.15, -0.1) is 0 Å². The molecule has 0 aromatic carbocycles. The van der Waals surface area contributed by atoms with Crippen LogP contribution >= 0.6 is 0 Å². The second-order valence-corrected chi connectivity index (χ2v) is 5.58. The first kappa shape index (κ1) is 13.4. The van der Waals surface area contributed by atoms with E-state index in [1.807, 2.05) is 7.05 Å². The molecule has 0 aliphatic heterocycles. The summed E-state index contributed by atoms with van der Waals surface area (Å²) in [4.78, 5) is 4.40. The third-order valence-corrected chi connectivity index (χ3v) is 3.84. The van der Waals surface area contributed by atoms with Crippen molar-refractivity contribution in [3.05, 3.63) is 35.7 Å². The molecule has 0 bridgehead atoms. The Morgan fingerprint density at radius 2 is 2.35 bits per heavy atom. The van der Waals surface area contributed by atoms with E-state index in [0.717, 1.165) is 24.6 Å². The lowest BCUT2D eigenvalue weighted by molar-refractivity contribution is 0.366. The van der Waals surface area contributed by atoms with Crippen molar-refractivity contribution < 1.29 is 4.52 Å². The highest BCUT2D eigenvalue weighted by Gasteiger charge is 2.31. The molecule has 0 radical (unpaired) electrons. The molecule has 108 valence electrons. The quantitative estimate of drug-likeness (QED) is 0.843. The Bertz CT molecular complexity index is 556. The molecule has 0 amide bonds. The van der Waals surface area contributed by atoms with Crippen molar-refractivity contribution >= 4 is 0 Å². The third kappa shape index (κ3) is 2.93. The molecule has 0 saturated heterocycles. The maximum absolute atomic E-state index is 5.28. The molecule has 3 rings (SSSR count). The van der Waals surface area contributed by atoms with Crippen LogP contribution in [0.5, 0.6) is 0 Å². The first-order chi connectivity index (χ1) is 9.80. The van der Waals surface area contributed by atoms with Crippen molar-refractivity contribution in [1.82, 2.24) is 20.0 Å². The largest absolute Gasteiger partial charge is 0.345 e. The van der Waals surface area contributed by atoms with Crippen LogP contribution in [0.1, 0.15) is 49.5 Å². The number of nitrogens with one attached hydrogen (secondary N) is 1. The Kier molecular flexibility index (Phi) is 3.87. The summed E-state index contributed by atoms with van der Waals surface area (Å²) in [5.41, 5.74) is 1.35. The summed E-state index contributed by atoms with van der Waals surface area (Å²) in [7, 11) is 2.04. The van der Waals surface area contributed by atoms with Gasteiger partial charge < -0.3 is 14.4 Å². The van der Waals surface area contributed by atoms with Gasteiger partial charge in [0, 0.05) is 24.9 Å². The molecule has 5 nitrogen and oxygen atoms in total. The van der Waals surface area contributed by atoms with Gasteiger partial charge in [-0.3, -0.25) is 0 Å². The Morgan fingerprint density at radius 3 is 3.05 bits per heavy atom. The predicted octanol–water partition coefficient (Wildman–Crippen LogP) is 2.54. The third-order valence-electron chi connectivity index (χ3n) is 3.84. The summed E-state index contributed by atoms with van der Waals surface area (Å²) in [5, 5.41) is 7.40. The maximum Gasteiger partial charge on any atom is 0.246 e.